The van der Waals surface area contributed by atoms with Crippen LogP contribution < -0.4 is 5.32 Å². The molecule has 144 valence electrons. The highest BCUT2D eigenvalue weighted by Gasteiger charge is 2.40. The van der Waals surface area contributed by atoms with Gasteiger partial charge in [0.05, 0.1) is 16.8 Å². The molecular formula is C17H30IN3O3S. The summed E-state index contributed by atoms with van der Waals surface area (Å²) in [5.74, 6) is 2.33. The van der Waals surface area contributed by atoms with Crippen molar-refractivity contribution in [1.82, 2.24) is 10.2 Å². The number of halogens is 1. The Hall–Kier alpha value is -0.770. The Bertz CT molecular complexity index is 655. The summed E-state index contributed by atoms with van der Waals surface area (Å²) in [6, 6.07) is 3.82. The highest BCUT2D eigenvalue weighted by molar-refractivity contribution is 14.0. The summed E-state index contributed by atoms with van der Waals surface area (Å²) in [5, 5.41) is 3.37. The second kappa shape index (κ2) is 9.25. The molecule has 1 aromatic rings. The van der Waals surface area contributed by atoms with E-state index < -0.39 is 14.6 Å². The quantitative estimate of drug-likeness (QED) is 0.396. The van der Waals surface area contributed by atoms with Crippen molar-refractivity contribution in [3.63, 3.8) is 0 Å². The Morgan fingerprint density at radius 3 is 2.72 bits per heavy atom. The monoisotopic (exact) mass is 483 g/mol. The first-order chi connectivity index (χ1) is 11.2. The molecule has 0 bridgehead atoms. The molecule has 0 unspecified atom stereocenters. The van der Waals surface area contributed by atoms with Gasteiger partial charge in [0.25, 0.3) is 0 Å². The van der Waals surface area contributed by atoms with Crippen LogP contribution in [0.1, 0.15) is 33.5 Å². The summed E-state index contributed by atoms with van der Waals surface area (Å²) >= 11 is 0. The van der Waals surface area contributed by atoms with E-state index in [4.69, 9.17) is 4.42 Å². The van der Waals surface area contributed by atoms with Crippen LogP contribution in [0.5, 0.6) is 0 Å². The number of nitrogens with one attached hydrogen (secondary N) is 1. The molecule has 2 heterocycles. The first kappa shape index (κ1) is 22.3. The Morgan fingerprint density at radius 2 is 2.16 bits per heavy atom. The van der Waals surface area contributed by atoms with Crippen LogP contribution in [0.2, 0.25) is 0 Å². The lowest BCUT2D eigenvalue weighted by Gasteiger charge is -2.39. The van der Waals surface area contributed by atoms with E-state index in [9.17, 15) is 8.42 Å². The van der Waals surface area contributed by atoms with E-state index in [0.717, 1.165) is 18.1 Å². The van der Waals surface area contributed by atoms with Crippen molar-refractivity contribution >= 4 is 39.8 Å². The second-order valence-electron chi connectivity index (χ2n) is 7.31. The van der Waals surface area contributed by atoms with Crippen molar-refractivity contribution < 1.29 is 12.8 Å². The number of guanidine groups is 1. The molecular weight excluding hydrogens is 453 g/mol. The van der Waals surface area contributed by atoms with Gasteiger partial charge in [0.2, 0.25) is 0 Å². The Kier molecular flexibility index (Phi) is 8.24. The number of aliphatic imine (C=N–C) groups is 1. The first-order valence-corrected chi connectivity index (χ1v) is 10.1. The average Bonchev–Trinajstić information content (AvgIpc) is 2.99. The molecule has 0 atom stereocenters. The van der Waals surface area contributed by atoms with E-state index >= 15 is 0 Å². The zero-order valence-electron chi connectivity index (χ0n) is 15.5. The van der Waals surface area contributed by atoms with Gasteiger partial charge in [-0.15, -0.1) is 24.0 Å². The third-order valence-corrected chi connectivity index (χ3v) is 6.72. The maximum atomic E-state index is 12.2. The zero-order chi connectivity index (χ0) is 17.8. The molecule has 1 fully saturated rings. The number of nitrogens with zero attached hydrogens (tertiary/aromatic N) is 2. The molecule has 1 aliphatic heterocycles. The molecule has 25 heavy (non-hydrogen) atoms. The highest BCUT2D eigenvalue weighted by Crippen LogP contribution is 2.23. The van der Waals surface area contributed by atoms with E-state index in [0.29, 0.717) is 32.1 Å². The van der Waals surface area contributed by atoms with Gasteiger partial charge in [0.1, 0.15) is 5.76 Å². The van der Waals surface area contributed by atoms with Gasteiger partial charge in [-0.2, -0.15) is 0 Å². The summed E-state index contributed by atoms with van der Waals surface area (Å²) < 4.78 is 29.0. The third-order valence-electron chi connectivity index (χ3n) is 4.18. The van der Waals surface area contributed by atoms with Crippen molar-refractivity contribution in [2.24, 2.45) is 10.9 Å². The van der Waals surface area contributed by atoms with Crippen LogP contribution in [0.4, 0.5) is 0 Å². The minimum absolute atomic E-state index is 0. The standard InChI is InChI=1S/C17H29N3O3S.HI/c1-14(2)12-19-16(18-8-7-15-6-5-10-23-15)20-9-11-24(21,22)17(3,4)13-20;/h5-6,10,14H,7-9,11-13H2,1-4H3,(H,18,19);1H. The van der Waals surface area contributed by atoms with E-state index in [1.165, 1.54) is 0 Å². The molecule has 2 rings (SSSR count). The lowest BCUT2D eigenvalue weighted by molar-refractivity contribution is 0.351. The maximum absolute atomic E-state index is 12.2. The number of hydrogen-bond acceptors (Lipinski definition) is 4. The van der Waals surface area contributed by atoms with Crippen molar-refractivity contribution in [3.05, 3.63) is 24.2 Å². The molecule has 1 saturated heterocycles. The van der Waals surface area contributed by atoms with E-state index in [1.807, 2.05) is 12.1 Å². The van der Waals surface area contributed by atoms with Crippen LogP contribution in [-0.4, -0.2) is 56.0 Å². The molecule has 0 aromatic carbocycles. The SMILES string of the molecule is CC(C)CN=C(NCCc1ccco1)N1CCS(=O)(=O)C(C)(C)C1.I. The van der Waals surface area contributed by atoms with Crippen LogP contribution in [0, 0.1) is 5.92 Å². The molecule has 6 nitrogen and oxygen atoms in total. The van der Waals surface area contributed by atoms with Crippen LogP contribution in [-0.2, 0) is 16.3 Å². The van der Waals surface area contributed by atoms with Crippen LogP contribution in [0.3, 0.4) is 0 Å². The molecule has 0 aliphatic carbocycles. The van der Waals surface area contributed by atoms with E-state index in [2.05, 4.69) is 29.1 Å². The van der Waals surface area contributed by atoms with E-state index in [1.54, 1.807) is 20.1 Å². The maximum Gasteiger partial charge on any atom is 0.194 e. The van der Waals surface area contributed by atoms with Crippen molar-refractivity contribution in [3.8, 4) is 0 Å². The number of hydrogen-bond donors (Lipinski definition) is 1. The molecule has 0 spiro atoms. The fraction of sp³-hybridized carbons (Fsp3) is 0.706. The van der Waals surface area contributed by atoms with Gasteiger partial charge in [-0.1, -0.05) is 13.8 Å². The molecule has 0 amide bonds. The number of rotatable bonds is 5. The van der Waals surface area contributed by atoms with Gasteiger partial charge in [0, 0.05) is 32.6 Å². The normalized spacial score (nSPS) is 19.6. The van der Waals surface area contributed by atoms with E-state index in [-0.39, 0.29) is 29.7 Å². The second-order valence-corrected chi connectivity index (χ2v) is 10.1. The predicted octanol–water partition coefficient (Wildman–Crippen LogP) is 2.55. The molecule has 0 saturated carbocycles. The van der Waals surface area contributed by atoms with Gasteiger partial charge in [-0.05, 0) is 31.9 Å². The topological polar surface area (TPSA) is 74.9 Å². The molecule has 1 N–H and O–H groups in total. The summed E-state index contributed by atoms with van der Waals surface area (Å²) in [7, 11) is -3.05. The Morgan fingerprint density at radius 1 is 1.44 bits per heavy atom. The predicted molar refractivity (Wildman–Crippen MR) is 112 cm³/mol. The fourth-order valence-electron chi connectivity index (χ4n) is 2.61. The average molecular weight is 483 g/mol. The summed E-state index contributed by atoms with van der Waals surface area (Å²) in [6.45, 7) is 10.2. The number of sulfone groups is 1. The fourth-order valence-corrected chi connectivity index (χ4v) is 3.98. The van der Waals surface area contributed by atoms with Gasteiger partial charge >= 0.3 is 0 Å². The van der Waals surface area contributed by atoms with Gasteiger partial charge in [-0.25, -0.2) is 8.42 Å². The smallest absolute Gasteiger partial charge is 0.194 e. The first-order valence-electron chi connectivity index (χ1n) is 8.49. The van der Waals surface area contributed by atoms with Crippen molar-refractivity contribution in [2.45, 2.75) is 38.9 Å². The number of furan rings is 1. The minimum atomic E-state index is -3.05. The van der Waals surface area contributed by atoms with Gasteiger partial charge in [-0.3, -0.25) is 4.99 Å². The molecule has 0 radical (unpaired) electrons. The molecule has 1 aliphatic rings. The van der Waals surface area contributed by atoms with Crippen molar-refractivity contribution in [1.29, 1.82) is 0 Å². The van der Waals surface area contributed by atoms with Crippen molar-refractivity contribution in [2.75, 3.05) is 31.9 Å². The van der Waals surface area contributed by atoms with Gasteiger partial charge < -0.3 is 14.6 Å². The zero-order valence-corrected chi connectivity index (χ0v) is 18.6. The minimum Gasteiger partial charge on any atom is -0.469 e. The summed E-state index contributed by atoms with van der Waals surface area (Å²) in [6.07, 6.45) is 2.43. The molecule has 1 aromatic heterocycles. The molecule has 8 heteroatoms. The summed E-state index contributed by atoms with van der Waals surface area (Å²) in [5.41, 5.74) is 0. The Labute approximate surface area is 168 Å². The largest absolute Gasteiger partial charge is 0.469 e. The summed E-state index contributed by atoms with van der Waals surface area (Å²) in [4.78, 5) is 6.75. The van der Waals surface area contributed by atoms with Crippen LogP contribution in [0.15, 0.2) is 27.8 Å². The Balaban J connectivity index is 0.00000312. The lowest BCUT2D eigenvalue weighted by atomic mass is 10.2. The third kappa shape index (κ3) is 6.16. The highest BCUT2D eigenvalue weighted by atomic mass is 127. The lowest BCUT2D eigenvalue weighted by Crippen LogP contribution is -2.57. The van der Waals surface area contributed by atoms with Crippen LogP contribution in [0.25, 0.3) is 0 Å². The van der Waals surface area contributed by atoms with Crippen LogP contribution >= 0.6 is 24.0 Å². The van der Waals surface area contributed by atoms with Gasteiger partial charge in [0.15, 0.2) is 15.8 Å².